The molecule has 0 aliphatic carbocycles. The summed E-state index contributed by atoms with van der Waals surface area (Å²) in [6, 6.07) is 7.73. The van der Waals surface area contributed by atoms with Gasteiger partial charge < -0.3 is 10.1 Å². The van der Waals surface area contributed by atoms with Crippen molar-refractivity contribution in [3.8, 4) is 0 Å². The van der Waals surface area contributed by atoms with Gasteiger partial charge in [-0.2, -0.15) is 0 Å². The van der Waals surface area contributed by atoms with E-state index in [1.807, 2.05) is 29.6 Å². The van der Waals surface area contributed by atoms with Gasteiger partial charge in [-0.25, -0.2) is 4.98 Å². The first kappa shape index (κ1) is 16.4. The summed E-state index contributed by atoms with van der Waals surface area (Å²) in [5, 5.41) is 7.30. The lowest BCUT2D eigenvalue weighted by molar-refractivity contribution is 0.105. The van der Waals surface area contributed by atoms with Gasteiger partial charge in [-0.05, 0) is 32.4 Å². The van der Waals surface area contributed by atoms with Crippen LogP contribution >= 0.6 is 22.9 Å². The summed E-state index contributed by atoms with van der Waals surface area (Å²) < 4.78 is 5.68. The summed E-state index contributed by atoms with van der Waals surface area (Å²) >= 11 is 7.75. The van der Waals surface area contributed by atoms with Crippen LogP contribution in [-0.2, 0) is 24.5 Å². The molecule has 0 aliphatic rings. The predicted octanol–water partition coefficient (Wildman–Crippen LogP) is 4.40. The van der Waals surface area contributed by atoms with Crippen LogP contribution in [0.4, 0.5) is 0 Å². The van der Waals surface area contributed by atoms with Crippen LogP contribution in [0, 0.1) is 0 Å². The monoisotopic (exact) mass is 324 g/mol. The van der Waals surface area contributed by atoms with E-state index < -0.39 is 0 Å². The predicted molar refractivity (Wildman–Crippen MR) is 88.7 cm³/mol. The zero-order valence-corrected chi connectivity index (χ0v) is 14.2. The van der Waals surface area contributed by atoms with E-state index in [0.29, 0.717) is 13.2 Å². The van der Waals surface area contributed by atoms with Gasteiger partial charge in [-0.15, -0.1) is 11.3 Å². The van der Waals surface area contributed by atoms with Crippen LogP contribution in [0.3, 0.4) is 0 Å². The van der Waals surface area contributed by atoms with E-state index >= 15 is 0 Å². The number of nitrogens with one attached hydrogen (secondary N) is 1. The van der Waals surface area contributed by atoms with Gasteiger partial charge in [0.05, 0.1) is 18.9 Å². The van der Waals surface area contributed by atoms with Crippen molar-refractivity contribution in [3.05, 3.63) is 50.9 Å². The van der Waals surface area contributed by atoms with E-state index in [-0.39, 0.29) is 5.54 Å². The van der Waals surface area contributed by atoms with Crippen molar-refractivity contribution in [2.45, 2.75) is 46.1 Å². The SMILES string of the molecule is CC(C)(C)NCc1nc(COCc2ccccc2Cl)cs1. The minimum Gasteiger partial charge on any atom is -0.370 e. The number of rotatable bonds is 6. The minimum absolute atomic E-state index is 0.104. The summed E-state index contributed by atoms with van der Waals surface area (Å²) in [5.41, 5.74) is 2.08. The second kappa shape index (κ2) is 7.36. The van der Waals surface area contributed by atoms with Crippen LogP contribution in [0.15, 0.2) is 29.6 Å². The highest BCUT2D eigenvalue weighted by molar-refractivity contribution is 7.09. The molecule has 2 rings (SSSR count). The van der Waals surface area contributed by atoms with Crippen LogP contribution in [0.1, 0.15) is 37.0 Å². The highest BCUT2D eigenvalue weighted by Crippen LogP contribution is 2.17. The smallest absolute Gasteiger partial charge is 0.107 e. The lowest BCUT2D eigenvalue weighted by atomic mass is 10.1. The Morgan fingerprint density at radius 2 is 2.00 bits per heavy atom. The van der Waals surface area contributed by atoms with E-state index in [9.17, 15) is 0 Å². The van der Waals surface area contributed by atoms with E-state index in [1.54, 1.807) is 11.3 Å². The molecule has 0 spiro atoms. The molecule has 0 unspecified atom stereocenters. The van der Waals surface area contributed by atoms with Crippen LogP contribution in [-0.4, -0.2) is 10.5 Å². The maximum atomic E-state index is 6.09. The number of thiazole rings is 1. The number of hydrogen-bond acceptors (Lipinski definition) is 4. The molecule has 1 aromatic heterocycles. The first-order chi connectivity index (χ1) is 9.94. The van der Waals surface area contributed by atoms with Crippen molar-refractivity contribution >= 4 is 22.9 Å². The fourth-order valence-corrected chi connectivity index (χ4v) is 2.63. The van der Waals surface area contributed by atoms with Crippen molar-refractivity contribution in [3.63, 3.8) is 0 Å². The van der Waals surface area contributed by atoms with Gasteiger partial charge in [0.25, 0.3) is 0 Å². The van der Waals surface area contributed by atoms with Gasteiger partial charge in [-0.3, -0.25) is 0 Å². The molecule has 3 nitrogen and oxygen atoms in total. The Hall–Kier alpha value is -0.940. The molecule has 0 saturated carbocycles. The minimum atomic E-state index is 0.104. The number of benzene rings is 1. The van der Waals surface area contributed by atoms with Gasteiger partial charge in [-0.1, -0.05) is 29.8 Å². The largest absolute Gasteiger partial charge is 0.370 e. The van der Waals surface area contributed by atoms with Gasteiger partial charge in [0.1, 0.15) is 5.01 Å². The topological polar surface area (TPSA) is 34.2 Å². The van der Waals surface area contributed by atoms with Crippen LogP contribution in [0.5, 0.6) is 0 Å². The molecule has 0 amide bonds. The molecule has 5 heteroatoms. The lowest BCUT2D eigenvalue weighted by Crippen LogP contribution is -2.35. The lowest BCUT2D eigenvalue weighted by Gasteiger charge is -2.19. The Morgan fingerprint density at radius 3 is 2.71 bits per heavy atom. The van der Waals surface area contributed by atoms with Gasteiger partial charge in [0.15, 0.2) is 0 Å². The van der Waals surface area contributed by atoms with Gasteiger partial charge in [0.2, 0.25) is 0 Å². The zero-order valence-electron chi connectivity index (χ0n) is 12.6. The Kier molecular flexibility index (Phi) is 5.76. The standard InChI is InChI=1S/C16H21ClN2OS/c1-16(2,3)18-8-15-19-13(11-21-15)10-20-9-12-6-4-5-7-14(12)17/h4-7,11,18H,8-10H2,1-3H3. The summed E-state index contributed by atoms with van der Waals surface area (Å²) in [5.74, 6) is 0. The molecule has 1 N–H and O–H groups in total. The van der Waals surface area contributed by atoms with Crippen LogP contribution in [0.25, 0.3) is 0 Å². The summed E-state index contributed by atoms with van der Waals surface area (Å²) in [4.78, 5) is 4.56. The third kappa shape index (κ3) is 5.75. The molecule has 2 aromatic rings. The van der Waals surface area contributed by atoms with Crippen molar-refractivity contribution in [1.29, 1.82) is 0 Å². The molecule has 0 fully saturated rings. The van der Waals surface area contributed by atoms with E-state index in [4.69, 9.17) is 16.3 Å². The molecule has 0 atom stereocenters. The highest BCUT2D eigenvalue weighted by Gasteiger charge is 2.10. The van der Waals surface area contributed by atoms with E-state index in [2.05, 4.69) is 31.1 Å². The highest BCUT2D eigenvalue weighted by atomic mass is 35.5. The van der Waals surface area contributed by atoms with Crippen LogP contribution in [0.2, 0.25) is 5.02 Å². The normalized spacial score (nSPS) is 11.8. The summed E-state index contributed by atoms with van der Waals surface area (Å²) in [7, 11) is 0. The Labute approximate surface area is 135 Å². The van der Waals surface area contributed by atoms with Crippen molar-refractivity contribution in [2.75, 3.05) is 0 Å². The molecule has 0 aliphatic heterocycles. The maximum Gasteiger partial charge on any atom is 0.107 e. The molecule has 21 heavy (non-hydrogen) atoms. The number of nitrogens with zero attached hydrogens (tertiary/aromatic N) is 1. The third-order valence-electron chi connectivity index (χ3n) is 2.83. The first-order valence-corrected chi connectivity index (χ1v) is 8.19. The van der Waals surface area contributed by atoms with Crippen molar-refractivity contribution < 1.29 is 4.74 Å². The number of halogens is 1. The molecule has 1 heterocycles. The average Bonchev–Trinajstić information content (AvgIpc) is 2.86. The Balaban J connectivity index is 1.79. The molecule has 0 radical (unpaired) electrons. The van der Waals surface area contributed by atoms with E-state index in [0.717, 1.165) is 27.8 Å². The molecular weight excluding hydrogens is 304 g/mol. The molecule has 114 valence electrons. The third-order valence-corrected chi connectivity index (χ3v) is 4.10. The Bertz CT molecular complexity index is 578. The fraction of sp³-hybridized carbons (Fsp3) is 0.438. The zero-order chi connectivity index (χ0) is 15.3. The molecule has 0 bridgehead atoms. The molecule has 1 aromatic carbocycles. The van der Waals surface area contributed by atoms with Crippen molar-refractivity contribution in [2.24, 2.45) is 0 Å². The van der Waals surface area contributed by atoms with Gasteiger partial charge >= 0.3 is 0 Å². The Morgan fingerprint density at radius 1 is 1.24 bits per heavy atom. The van der Waals surface area contributed by atoms with E-state index in [1.165, 1.54) is 0 Å². The second-order valence-corrected chi connectivity index (χ2v) is 7.27. The second-order valence-electron chi connectivity index (χ2n) is 5.92. The number of hydrogen-bond donors (Lipinski definition) is 1. The fourth-order valence-electron chi connectivity index (χ4n) is 1.72. The van der Waals surface area contributed by atoms with Crippen molar-refractivity contribution in [1.82, 2.24) is 10.3 Å². The molecular formula is C16H21ClN2OS. The van der Waals surface area contributed by atoms with Gasteiger partial charge in [0, 0.05) is 22.5 Å². The molecule has 0 saturated heterocycles. The van der Waals surface area contributed by atoms with Crippen LogP contribution < -0.4 is 5.32 Å². The average molecular weight is 325 g/mol. The first-order valence-electron chi connectivity index (χ1n) is 6.93. The maximum absolute atomic E-state index is 6.09. The summed E-state index contributed by atoms with van der Waals surface area (Å²) in [6.07, 6.45) is 0. The number of aromatic nitrogens is 1. The number of ether oxygens (including phenoxy) is 1. The quantitative estimate of drug-likeness (QED) is 0.855. The summed E-state index contributed by atoms with van der Waals surface area (Å²) in [6.45, 7) is 8.25.